The fourth-order valence-corrected chi connectivity index (χ4v) is 4.30. The Morgan fingerprint density at radius 1 is 1.21 bits per heavy atom. The van der Waals surface area contributed by atoms with E-state index in [0.29, 0.717) is 30.9 Å². The highest BCUT2D eigenvalue weighted by Gasteiger charge is 2.34. The Labute approximate surface area is 170 Å². The molecule has 1 heterocycles. The molecule has 0 spiro atoms. The minimum Gasteiger partial charge on any atom is -0.481 e. The van der Waals surface area contributed by atoms with Crippen molar-refractivity contribution in [2.75, 3.05) is 24.5 Å². The molecule has 1 N–H and O–H groups in total. The third kappa shape index (κ3) is 5.42. The van der Waals surface area contributed by atoms with Crippen LogP contribution in [-0.2, 0) is 17.4 Å². The summed E-state index contributed by atoms with van der Waals surface area (Å²) in [6.07, 6.45) is -4.75. The van der Waals surface area contributed by atoms with Gasteiger partial charge in [0.05, 0.1) is 12.0 Å². The van der Waals surface area contributed by atoms with Crippen LogP contribution in [0.4, 0.5) is 23.2 Å². The third-order valence-electron chi connectivity index (χ3n) is 4.67. The maximum absolute atomic E-state index is 13.9. The number of hydrogen-bond acceptors (Lipinski definition) is 4. The Kier molecular flexibility index (Phi) is 6.38. The van der Waals surface area contributed by atoms with Gasteiger partial charge in [0.2, 0.25) is 0 Å². The summed E-state index contributed by atoms with van der Waals surface area (Å²) in [5, 5.41) is 8.93. The molecule has 0 amide bonds. The number of hydrogen-bond donors (Lipinski definition) is 1. The van der Waals surface area contributed by atoms with E-state index in [1.165, 1.54) is 18.0 Å². The fraction of sp³-hybridized carbons (Fsp3) is 0.350. The maximum atomic E-state index is 13.9. The Morgan fingerprint density at radius 2 is 1.97 bits per heavy atom. The van der Waals surface area contributed by atoms with Crippen molar-refractivity contribution < 1.29 is 27.5 Å². The zero-order valence-corrected chi connectivity index (χ0v) is 16.4. The van der Waals surface area contributed by atoms with Crippen LogP contribution in [0.25, 0.3) is 0 Å². The number of carboxylic acids is 1. The lowest BCUT2D eigenvalue weighted by atomic mass is 10.1. The normalized spacial score (nSPS) is 18.1. The van der Waals surface area contributed by atoms with Crippen molar-refractivity contribution in [3.63, 3.8) is 0 Å². The monoisotopic (exact) mass is 428 g/mol. The van der Waals surface area contributed by atoms with Crippen LogP contribution in [-0.4, -0.2) is 41.1 Å². The molecule has 0 aromatic heterocycles. The molecular formula is C20H20F4N2O2S. The van der Waals surface area contributed by atoms with E-state index >= 15 is 0 Å². The first kappa shape index (κ1) is 21.4. The Balaban J connectivity index is 1.65. The quantitative estimate of drug-likeness (QED) is 0.553. The van der Waals surface area contributed by atoms with Gasteiger partial charge in [0.25, 0.3) is 0 Å². The van der Waals surface area contributed by atoms with Gasteiger partial charge in [-0.3, -0.25) is 4.79 Å². The van der Waals surface area contributed by atoms with Crippen LogP contribution in [0.5, 0.6) is 0 Å². The number of benzene rings is 2. The van der Waals surface area contributed by atoms with Crippen molar-refractivity contribution in [1.29, 1.82) is 0 Å². The molecule has 4 nitrogen and oxygen atoms in total. The summed E-state index contributed by atoms with van der Waals surface area (Å²) in [6.45, 7) is 3.68. The summed E-state index contributed by atoms with van der Waals surface area (Å²) >= 11 is 1.51. The van der Waals surface area contributed by atoms with Crippen molar-refractivity contribution in [3.05, 3.63) is 59.4 Å². The largest absolute Gasteiger partial charge is 0.481 e. The number of piperazine rings is 1. The lowest BCUT2D eigenvalue weighted by molar-refractivity contribution is -0.140. The molecule has 0 radical (unpaired) electrons. The molecule has 1 atom stereocenters. The van der Waals surface area contributed by atoms with Gasteiger partial charge in [-0.1, -0.05) is 12.1 Å². The molecule has 156 valence electrons. The molecule has 2 aromatic rings. The van der Waals surface area contributed by atoms with Gasteiger partial charge >= 0.3 is 12.1 Å². The molecule has 0 unspecified atom stereocenters. The van der Waals surface area contributed by atoms with Crippen LogP contribution in [0.15, 0.2) is 47.4 Å². The van der Waals surface area contributed by atoms with Crippen LogP contribution >= 0.6 is 11.9 Å². The molecular weight excluding hydrogens is 408 g/mol. The molecule has 1 aliphatic heterocycles. The highest BCUT2D eigenvalue weighted by atomic mass is 32.2. The summed E-state index contributed by atoms with van der Waals surface area (Å²) < 4.78 is 54.3. The molecule has 3 rings (SSSR count). The van der Waals surface area contributed by atoms with E-state index in [1.807, 2.05) is 30.0 Å². The highest BCUT2D eigenvalue weighted by Crippen LogP contribution is 2.34. The maximum Gasteiger partial charge on any atom is 0.419 e. The average Bonchev–Trinajstić information content (AvgIpc) is 2.62. The first-order chi connectivity index (χ1) is 13.6. The van der Waals surface area contributed by atoms with Gasteiger partial charge < -0.3 is 10.0 Å². The fourth-order valence-electron chi connectivity index (χ4n) is 3.26. The number of anilines is 1. The molecule has 0 saturated carbocycles. The Hall–Kier alpha value is -2.26. The van der Waals surface area contributed by atoms with Crippen molar-refractivity contribution in [2.24, 2.45) is 0 Å². The topological polar surface area (TPSA) is 43.8 Å². The first-order valence-electron chi connectivity index (χ1n) is 9.00. The standard InChI is InChI=1S/C20H20F4N2O2S/c1-13-12-25(15-5-6-17(18(21)11-15)20(22,23)24)7-8-26(13)29-16-4-2-3-14(9-16)10-19(27)28/h2-6,9,11,13H,7-8,10,12H2,1H3,(H,27,28)/t13-/m1/s1. The summed E-state index contributed by atoms with van der Waals surface area (Å²) in [5.41, 5.74) is -0.116. The number of nitrogens with zero attached hydrogens (tertiary/aromatic N) is 2. The number of carbonyl (C=O) groups is 1. The van der Waals surface area contributed by atoms with Gasteiger partial charge in [-0.05, 0) is 54.8 Å². The van der Waals surface area contributed by atoms with Crippen molar-refractivity contribution >= 4 is 23.6 Å². The Morgan fingerprint density at radius 3 is 2.59 bits per heavy atom. The number of aliphatic carboxylic acids is 1. The van der Waals surface area contributed by atoms with E-state index in [0.717, 1.165) is 17.0 Å². The lowest BCUT2D eigenvalue weighted by Gasteiger charge is -2.40. The second-order valence-corrected chi connectivity index (χ2v) is 8.03. The zero-order chi connectivity index (χ0) is 21.2. The molecule has 2 aromatic carbocycles. The van der Waals surface area contributed by atoms with Crippen LogP contribution in [0, 0.1) is 5.82 Å². The van der Waals surface area contributed by atoms with E-state index < -0.39 is 23.5 Å². The van der Waals surface area contributed by atoms with Crippen LogP contribution in [0.3, 0.4) is 0 Å². The van der Waals surface area contributed by atoms with Gasteiger partial charge in [-0.2, -0.15) is 13.2 Å². The number of alkyl halides is 3. The smallest absolute Gasteiger partial charge is 0.419 e. The van der Waals surface area contributed by atoms with Gasteiger partial charge in [0.1, 0.15) is 5.82 Å². The van der Waals surface area contributed by atoms with Gasteiger partial charge in [0, 0.05) is 36.3 Å². The number of carboxylic acid groups (broad SMARTS) is 1. The van der Waals surface area contributed by atoms with Crippen molar-refractivity contribution in [2.45, 2.75) is 30.5 Å². The molecule has 1 fully saturated rings. The summed E-state index contributed by atoms with van der Waals surface area (Å²) in [5.74, 6) is -2.16. The van der Waals surface area contributed by atoms with E-state index in [2.05, 4.69) is 4.31 Å². The second-order valence-electron chi connectivity index (χ2n) is 6.91. The molecule has 9 heteroatoms. The Bertz CT molecular complexity index is 891. The average molecular weight is 428 g/mol. The molecule has 0 aliphatic carbocycles. The van der Waals surface area contributed by atoms with E-state index in [1.54, 1.807) is 6.07 Å². The van der Waals surface area contributed by atoms with Gasteiger partial charge in [-0.15, -0.1) is 0 Å². The van der Waals surface area contributed by atoms with Crippen LogP contribution in [0.2, 0.25) is 0 Å². The molecule has 29 heavy (non-hydrogen) atoms. The first-order valence-corrected chi connectivity index (χ1v) is 9.78. The number of rotatable bonds is 5. The van der Waals surface area contributed by atoms with Crippen molar-refractivity contribution in [3.8, 4) is 0 Å². The predicted molar refractivity (Wildman–Crippen MR) is 103 cm³/mol. The minimum absolute atomic E-state index is 0.0444. The van der Waals surface area contributed by atoms with Crippen LogP contribution in [0.1, 0.15) is 18.1 Å². The third-order valence-corrected chi connectivity index (χ3v) is 5.91. The van der Waals surface area contributed by atoms with E-state index in [4.69, 9.17) is 5.11 Å². The van der Waals surface area contributed by atoms with E-state index in [9.17, 15) is 22.4 Å². The summed E-state index contributed by atoms with van der Waals surface area (Å²) in [7, 11) is 0. The predicted octanol–water partition coefficient (Wildman–Crippen LogP) is 4.69. The summed E-state index contributed by atoms with van der Waals surface area (Å²) in [6, 6.07) is 10.4. The SMILES string of the molecule is C[C@@H]1CN(c2ccc(C(F)(F)F)c(F)c2)CCN1Sc1cccc(CC(=O)O)c1. The van der Waals surface area contributed by atoms with Crippen molar-refractivity contribution in [1.82, 2.24) is 4.31 Å². The molecule has 0 bridgehead atoms. The lowest BCUT2D eigenvalue weighted by Crippen LogP contribution is -2.49. The minimum atomic E-state index is -4.71. The molecule has 1 aliphatic rings. The van der Waals surface area contributed by atoms with E-state index in [-0.39, 0.29) is 12.5 Å². The van der Waals surface area contributed by atoms with Crippen LogP contribution < -0.4 is 4.90 Å². The number of halogens is 4. The summed E-state index contributed by atoms with van der Waals surface area (Å²) in [4.78, 5) is 13.7. The highest BCUT2D eigenvalue weighted by molar-refractivity contribution is 7.97. The van der Waals surface area contributed by atoms with Gasteiger partial charge in [0.15, 0.2) is 0 Å². The van der Waals surface area contributed by atoms with Gasteiger partial charge in [-0.25, -0.2) is 8.70 Å². The zero-order valence-electron chi connectivity index (χ0n) is 15.6. The molecule has 1 saturated heterocycles. The second kappa shape index (κ2) is 8.62.